The Labute approximate surface area is 114 Å². The number of benzene rings is 1. The predicted molar refractivity (Wildman–Crippen MR) is 73.9 cm³/mol. The first-order chi connectivity index (χ1) is 8.06. The molecule has 1 aromatic heterocycles. The van der Waals surface area contributed by atoms with Crippen molar-refractivity contribution < 1.29 is 0 Å². The number of nitrogens with zero attached hydrogens (tertiary/aromatic N) is 1. The standard InChI is InChI=1S/C12H12Cl2N2S/c1-7-6-16-12(17-7)5-11(15)9-3-2-8(13)4-10(9)14/h2-4,6,11H,5,15H2,1H3. The first-order valence-electron chi connectivity index (χ1n) is 5.18. The van der Waals surface area contributed by atoms with Gasteiger partial charge in [0.1, 0.15) is 0 Å². The largest absolute Gasteiger partial charge is 0.324 e. The fourth-order valence-corrected chi connectivity index (χ4v) is 2.99. The van der Waals surface area contributed by atoms with E-state index in [0.29, 0.717) is 16.5 Å². The molecule has 90 valence electrons. The Kier molecular flexibility index (Phi) is 4.05. The third-order valence-corrected chi connectivity index (χ3v) is 3.92. The van der Waals surface area contributed by atoms with Crippen LogP contribution in [0.3, 0.4) is 0 Å². The maximum atomic E-state index is 6.13. The van der Waals surface area contributed by atoms with E-state index in [4.69, 9.17) is 28.9 Å². The highest BCUT2D eigenvalue weighted by Crippen LogP contribution is 2.27. The minimum absolute atomic E-state index is 0.148. The van der Waals surface area contributed by atoms with Gasteiger partial charge in [-0.1, -0.05) is 29.3 Å². The van der Waals surface area contributed by atoms with Crippen molar-refractivity contribution in [2.75, 3.05) is 0 Å². The summed E-state index contributed by atoms with van der Waals surface area (Å²) in [6.45, 7) is 2.03. The Morgan fingerprint density at radius 3 is 2.76 bits per heavy atom. The molecule has 0 aliphatic rings. The van der Waals surface area contributed by atoms with Crippen molar-refractivity contribution >= 4 is 34.5 Å². The summed E-state index contributed by atoms with van der Waals surface area (Å²) in [5.41, 5.74) is 7.03. The molecule has 17 heavy (non-hydrogen) atoms. The summed E-state index contributed by atoms with van der Waals surface area (Å²) in [7, 11) is 0. The third-order valence-electron chi connectivity index (χ3n) is 2.43. The fourth-order valence-electron chi connectivity index (χ4n) is 1.60. The second-order valence-corrected chi connectivity index (χ2v) is 6.00. The van der Waals surface area contributed by atoms with E-state index in [0.717, 1.165) is 10.6 Å². The first-order valence-corrected chi connectivity index (χ1v) is 6.75. The van der Waals surface area contributed by atoms with Crippen molar-refractivity contribution in [3.8, 4) is 0 Å². The van der Waals surface area contributed by atoms with E-state index >= 15 is 0 Å². The summed E-state index contributed by atoms with van der Waals surface area (Å²) in [4.78, 5) is 5.49. The molecule has 2 rings (SSSR count). The molecule has 2 nitrogen and oxygen atoms in total. The van der Waals surface area contributed by atoms with Crippen LogP contribution in [0.5, 0.6) is 0 Å². The van der Waals surface area contributed by atoms with Crippen LogP contribution < -0.4 is 5.73 Å². The topological polar surface area (TPSA) is 38.9 Å². The van der Waals surface area contributed by atoms with Crippen molar-refractivity contribution in [3.63, 3.8) is 0 Å². The van der Waals surface area contributed by atoms with E-state index in [2.05, 4.69) is 4.98 Å². The van der Waals surface area contributed by atoms with Gasteiger partial charge in [-0.3, -0.25) is 0 Å². The Balaban J connectivity index is 2.17. The normalized spacial score (nSPS) is 12.7. The minimum atomic E-state index is -0.148. The maximum absolute atomic E-state index is 6.13. The minimum Gasteiger partial charge on any atom is -0.324 e. The SMILES string of the molecule is Cc1cnc(CC(N)c2ccc(Cl)cc2Cl)s1. The van der Waals surface area contributed by atoms with Gasteiger partial charge in [0.2, 0.25) is 0 Å². The van der Waals surface area contributed by atoms with E-state index in [-0.39, 0.29) is 6.04 Å². The van der Waals surface area contributed by atoms with E-state index in [1.807, 2.05) is 19.2 Å². The summed E-state index contributed by atoms with van der Waals surface area (Å²) in [6.07, 6.45) is 2.55. The van der Waals surface area contributed by atoms with Gasteiger partial charge < -0.3 is 5.73 Å². The highest BCUT2D eigenvalue weighted by molar-refractivity contribution is 7.11. The number of halogens is 2. The van der Waals surface area contributed by atoms with Crippen LogP contribution in [0.1, 0.15) is 21.5 Å². The maximum Gasteiger partial charge on any atom is 0.0946 e. The molecule has 1 atom stereocenters. The van der Waals surface area contributed by atoms with Gasteiger partial charge >= 0.3 is 0 Å². The van der Waals surface area contributed by atoms with Gasteiger partial charge in [0.05, 0.1) is 5.01 Å². The third kappa shape index (κ3) is 3.19. The van der Waals surface area contributed by atoms with E-state index in [1.54, 1.807) is 23.5 Å². The fraction of sp³-hybridized carbons (Fsp3) is 0.250. The summed E-state index contributed by atoms with van der Waals surface area (Å²) in [5.74, 6) is 0. The Bertz CT molecular complexity index is 525. The van der Waals surface area contributed by atoms with Gasteiger partial charge in [-0.25, -0.2) is 4.98 Å². The van der Waals surface area contributed by atoms with E-state index < -0.39 is 0 Å². The first kappa shape index (κ1) is 12.8. The quantitative estimate of drug-likeness (QED) is 0.926. The van der Waals surface area contributed by atoms with Crippen LogP contribution in [0.4, 0.5) is 0 Å². The van der Waals surface area contributed by atoms with Crippen molar-refractivity contribution in [3.05, 3.63) is 49.9 Å². The van der Waals surface area contributed by atoms with Crippen molar-refractivity contribution in [1.29, 1.82) is 0 Å². The molecular formula is C12H12Cl2N2S. The molecule has 2 aromatic rings. The van der Waals surface area contributed by atoms with Gasteiger partial charge in [-0.2, -0.15) is 0 Å². The Morgan fingerprint density at radius 2 is 2.18 bits per heavy atom. The van der Waals surface area contributed by atoms with Crippen molar-refractivity contribution in [1.82, 2.24) is 4.98 Å². The van der Waals surface area contributed by atoms with Crippen LogP contribution in [0, 0.1) is 6.92 Å². The number of aryl methyl sites for hydroxylation is 1. The van der Waals surface area contributed by atoms with E-state index in [1.165, 1.54) is 4.88 Å². The van der Waals surface area contributed by atoms with Crippen LogP contribution >= 0.6 is 34.5 Å². The molecule has 2 N–H and O–H groups in total. The molecule has 0 aliphatic carbocycles. The second-order valence-electron chi connectivity index (χ2n) is 3.84. The number of hydrogen-bond donors (Lipinski definition) is 1. The molecule has 0 saturated carbocycles. The number of aromatic nitrogens is 1. The molecule has 0 bridgehead atoms. The molecule has 0 amide bonds. The zero-order valence-electron chi connectivity index (χ0n) is 9.28. The van der Waals surface area contributed by atoms with Gasteiger partial charge in [-0.05, 0) is 24.6 Å². The monoisotopic (exact) mass is 286 g/mol. The highest BCUT2D eigenvalue weighted by Gasteiger charge is 2.13. The lowest BCUT2D eigenvalue weighted by Gasteiger charge is -2.12. The molecule has 0 saturated heterocycles. The molecule has 0 spiro atoms. The number of rotatable bonds is 3. The Morgan fingerprint density at radius 1 is 1.41 bits per heavy atom. The average molecular weight is 287 g/mol. The molecule has 1 heterocycles. The van der Waals surface area contributed by atoms with Crippen LogP contribution in [0.25, 0.3) is 0 Å². The lowest BCUT2D eigenvalue weighted by atomic mass is 10.1. The summed E-state index contributed by atoms with van der Waals surface area (Å²) in [5, 5.41) is 2.26. The predicted octanol–water partition coefficient (Wildman–Crippen LogP) is 4.00. The number of nitrogens with two attached hydrogens (primary N) is 1. The summed E-state index contributed by atoms with van der Waals surface area (Å²) < 4.78 is 0. The molecule has 0 fully saturated rings. The Hall–Kier alpha value is -0.610. The van der Waals surface area contributed by atoms with Gasteiger partial charge in [0.25, 0.3) is 0 Å². The van der Waals surface area contributed by atoms with Crippen LogP contribution in [0.2, 0.25) is 10.0 Å². The molecule has 0 aliphatic heterocycles. The van der Waals surface area contributed by atoms with Crippen molar-refractivity contribution in [2.45, 2.75) is 19.4 Å². The molecular weight excluding hydrogens is 275 g/mol. The van der Waals surface area contributed by atoms with Gasteiger partial charge in [0.15, 0.2) is 0 Å². The zero-order chi connectivity index (χ0) is 12.4. The summed E-state index contributed by atoms with van der Waals surface area (Å²) in [6, 6.07) is 5.24. The van der Waals surface area contributed by atoms with Gasteiger partial charge in [-0.15, -0.1) is 11.3 Å². The molecule has 1 unspecified atom stereocenters. The molecule has 0 radical (unpaired) electrons. The molecule has 1 aromatic carbocycles. The lowest BCUT2D eigenvalue weighted by molar-refractivity contribution is 0.718. The number of thiazole rings is 1. The highest BCUT2D eigenvalue weighted by atomic mass is 35.5. The second kappa shape index (κ2) is 5.36. The van der Waals surface area contributed by atoms with Gasteiger partial charge in [0, 0.05) is 33.6 Å². The van der Waals surface area contributed by atoms with E-state index in [9.17, 15) is 0 Å². The zero-order valence-corrected chi connectivity index (χ0v) is 11.6. The van der Waals surface area contributed by atoms with Crippen LogP contribution in [-0.4, -0.2) is 4.98 Å². The lowest BCUT2D eigenvalue weighted by Crippen LogP contribution is -2.13. The number of hydrogen-bond acceptors (Lipinski definition) is 3. The summed E-state index contributed by atoms with van der Waals surface area (Å²) >= 11 is 13.6. The smallest absolute Gasteiger partial charge is 0.0946 e. The molecule has 5 heteroatoms. The van der Waals surface area contributed by atoms with Crippen molar-refractivity contribution in [2.24, 2.45) is 5.73 Å². The average Bonchev–Trinajstić information content (AvgIpc) is 2.63. The van der Waals surface area contributed by atoms with Crippen LogP contribution in [0.15, 0.2) is 24.4 Å². The van der Waals surface area contributed by atoms with Crippen LogP contribution in [-0.2, 0) is 6.42 Å².